The van der Waals surface area contributed by atoms with Crippen LogP contribution in [0, 0.1) is 6.92 Å². The average Bonchev–Trinajstić information content (AvgIpc) is 3.44. The Balaban J connectivity index is 1.53. The molecular formula is C26H20Cl2N2O. The van der Waals surface area contributed by atoms with Gasteiger partial charge in [0.25, 0.3) is 0 Å². The van der Waals surface area contributed by atoms with Crippen molar-refractivity contribution >= 4 is 34.6 Å². The first-order chi connectivity index (χ1) is 15.1. The van der Waals surface area contributed by atoms with Crippen LogP contribution in [0.5, 0.6) is 0 Å². The molecule has 0 unspecified atom stereocenters. The van der Waals surface area contributed by atoms with Gasteiger partial charge in [0.05, 0.1) is 16.4 Å². The predicted molar refractivity (Wildman–Crippen MR) is 128 cm³/mol. The summed E-state index contributed by atoms with van der Waals surface area (Å²) in [5, 5.41) is 8.24. The van der Waals surface area contributed by atoms with E-state index in [0.29, 0.717) is 15.8 Å². The van der Waals surface area contributed by atoms with Crippen molar-refractivity contribution in [2.45, 2.75) is 19.4 Å². The third-order valence-corrected chi connectivity index (χ3v) is 6.03. The quantitative estimate of drug-likeness (QED) is 0.318. The number of nitrogens with zero attached hydrogens (tertiary/aromatic N) is 2. The first-order valence-corrected chi connectivity index (χ1v) is 10.9. The smallest absolute Gasteiger partial charge is 0.135 e. The molecule has 5 rings (SSSR count). The van der Waals surface area contributed by atoms with E-state index < -0.39 is 0 Å². The Morgan fingerprint density at radius 3 is 2.45 bits per heavy atom. The van der Waals surface area contributed by atoms with E-state index in [0.717, 1.165) is 34.7 Å². The summed E-state index contributed by atoms with van der Waals surface area (Å²) < 4.78 is 6.29. The van der Waals surface area contributed by atoms with Gasteiger partial charge in [0.2, 0.25) is 0 Å². The standard InChI is InChI=1S/C26H20Cl2N2O/c1-17-7-10-20(11-8-17)30-24(16-23(29-30)18-5-3-2-4-6-18)26-14-13-25(31-26)21-15-19(27)9-12-22(21)28/h2-15,24H,16H2,1H3/t24-/m1/s1. The lowest BCUT2D eigenvalue weighted by atomic mass is 10.0. The second-order valence-electron chi connectivity index (χ2n) is 7.64. The first kappa shape index (κ1) is 19.9. The number of anilines is 1. The van der Waals surface area contributed by atoms with E-state index in [9.17, 15) is 0 Å². The first-order valence-electron chi connectivity index (χ1n) is 10.1. The third-order valence-electron chi connectivity index (χ3n) is 5.46. The largest absolute Gasteiger partial charge is 0.459 e. The van der Waals surface area contributed by atoms with Gasteiger partial charge in [-0.1, -0.05) is 71.2 Å². The maximum absolute atomic E-state index is 6.39. The van der Waals surface area contributed by atoms with Gasteiger partial charge < -0.3 is 4.42 Å². The summed E-state index contributed by atoms with van der Waals surface area (Å²) in [7, 11) is 0. The van der Waals surface area contributed by atoms with E-state index in [4.69, 9.17) is 32.7 Å². The van der Waals surface area contributed by atoms with Gasteiger partial charge in [-0.2, -0.15) is 5.10 Å². The van der Waals surface area contributed by atoms with Crippen LogP contribution < -0.4 is 5.01 Å². The topological polar surface area (TPSA) is 28.7 Å². The Labute approximate surface area is 191 Å². The molecule has 0 saturated heterocycles. The Morgan fingerprint density at radius 1 is 0.903 bits per heavy atom. The van der Waals surface area contributed by atoms with Crippen molar-refractivity contribution < 1.29 is 4.42 Å². The molecule has 4 aromatic rings. The fourth-order valence-corrected chi connectivity index (χ4v) is 4.22. The number of aryl methyl sites for hydroxylation is 1. The normalized spacial score (nSPS) is 15.9. The van der Waals surface area contributed by atoms with Gasteiger partial charge in [0, 0.05) is 17.0 Å². The van der Waals surface area contributed by atoms with Crippen molar-refractivity contribution in [1.82, 2.24) is 0 Å². The van der Waals surface area contributed by atoms with Gasteiger partial charge in [-0.05, 0) is 55.0 Å². The molecule has 0 spiro atoms. The van der Waals surface area contributed by atoms with Crippen LogP contribution in [0.2, 0.25) is 10.0 Å². The SMILES string of the molecule is Cc1ccc(N2N=C(c3ccccc3)C[C@@H]2c2ccc(-c3cc(Cl)ccc3Cl)o2)cc1. The zero-order chi connectivity index (χ0) is 21.4. The highest BCUT2D eigenvalue weighted by atomic mass is 35.5. The van der Waals surface area contributed by atoms with Gasteiger partial charge in [-0.25, -0.2) is 0 Å². The summed E-state index contributed by atoms with van der Waals surface area (Å²) in [5.41, 5.74) is 5.17. The molecule has 0 amide bonds. The molecule has 1 aliphatic heterocycles. The molecule has 1 aromatic heterocycles. The Hall–Kier alpha value is -3.01. The molecule has 0 bridgehead atoms. The van der Waals surface area contributed by atoms with Gasteiger partial charge in [0.15, 0.2) is 0 Å². The van der Waals surface area contributed by atoms with Crippen LogP contribution in [0.1, 0.15) is 29.3 Å². The van der Waals surface area contributed by atoms with Crippen molar-refractivity contribution in [1.29, 1.82) is 0 Å². The summed E-state index contributed by atoms with van der Waals surface area (Å²) in [4.78, 5) is 0. The third kappa shape index (κ3) is 3.99. The molecule has 0 N–H and O–H groups in total. The van der Waals surface area contributed by atoms with Gasteiger partial charge in [0.1, 0.15) is 17.6 Å². The van der Waals surface area contributed by atoms with Crippen LogP contribution in [0.4, 0.5) is 5.69 Å². The minimum absolute atomic E-state index is 0.0513. The highest BCUT2D eigenvalue weighted by Gasteiger charge is 2.32. The van der Waals surface area contributed by atoms with Gasteiger partial charge in [-0.3, -0.25) is 5.01 Å². The Bertz CT molecular complexity index is 1250. The van der Waals surface area contributed by atoms with Crippen LogP contribution in [0.25, 0.3) is 11.3 Å². The lowest BCUT2D eigenvalue weighted by molar-refractivity contribution is 0.475. The molecule has 1 aliphatic rings. The predicted octanol–water partition coefficient (Wildman–Crippen LogP) is 7.92. The molecule has 3 nitrogen and oxygen atoms in total. The summed E-state index contributed by atoms with van der Waals surface area (Å²) in [5.74, 6) is 1.53. The minimum atomic E-state index is -0.0513. The number of halogens is 2. The minimum Gasteiger partial charge on any atom is -0.459 e. The van der Waals surface area contributed by atoms with Crippen molar-refractivity contribution in [2.75, 3.05) is 5.01 Å². The lowest BCUT2D eigenvalue weighted by Crippen LogP contribution is -2.17. The van der Waals surface area contributed by atoms with Crippen LogP contribution in [-0.4, -0.2) is 5.71 Å². The zero-order valence-electron chi connectivity index (χ0n) is 16.9. The molecule has 0 aliphatic carbocycles. The second-order valence-corrected chi connectivity index (χ2v) is 8.48. The summed E-state index contributed by atoms with van der Waals surface area (Å²) >= 11 is 12.6. The number of rotatable bonds is 4. The molecule has 0 fully saturated rings. The summed E-state index contributed by atoms with van der Waals surface area (Å²) in [6.45, 7) is 2.08. The van der Waals surface area contributed by atoms with Crippen LogP contribution in [0.3, 0.4) is 0 Å². The van der Waals surface area contributed by atoms with Crippen molar-refractivity contribution in [3.05, 3.63) is 112 Å². The molecule has 154 valence electrons. The molecular weight excluding hydrogens is 427 g/mol. The zero-order valence-corrected chi connectivity index (χ0v) is 18.4. The van der Waals surface area contributed by atoms with E-state index >= 15 is 0 Å². The Kier molecular flexibility index (Phi) is 5.31. The second kappa shape index (κ2) is 8.26. The monoisotopic (exact) mass is 446 g/mol. The number of hydrazone groups is 1. The molecule has 2 heterocycles. The highest BCUT2D eigenvalue weighted by Crippen LogP contribution is 2.40. The van der Waals surface area contributed by atoms with E-state index in [2.05, 4.69) is 43.3 Å². The van der Waals surface area contributed by atoms with E-state index in [-0.39, 0.29) is 6.04 Å². The average molecular weight is 447 g/mol. The number of benzene rings is 3. The molecule has 31 heavy (non-hydrogen) atoms. The highest BCUT2D eigenvalue weighted by molar-refractivity contribution is 6.35. The van der Waals surface area contributed by atoms with Crippen LogP contribution in [-0.2, 0) is 0 Å². The maximum Gasteiger partial charge on any atom is 0.135 e. The lowest BCUT2D eigenvalue weighted by Gasteiger charge is -2.22. The van der Waals surface area contributed by atoms with E-state index in [1.807, 2.05) is 41.4 Å². The Morgan fingerprint density at radius 2 is 1.68 bits per heavy atom. The van der Waals surface area contributed by atoms with Gasteiger partial charge in [-0.15, -0.1) is 0 Å². The number of hydrogen-bond donors (Lipinski definition) is 0. The van der Waals surface area contributed by atoms with Crippen molar-refractivity contribution in [2.24, 2.45) is 5.10 Å². The number of hydrogen-bond acceptors (Lipinski definition) is 3. The summed E-state index contributed by atoms with van der Waals surface area (Å²) in [6.07, 6.45) is 0.744. The van der Waals surface area contributed by atoms with Crippen LogP contribution in [0.15, 0.2) is 94.4 Å². The molecule has 3 aromatic carbocycles. The molecule has 1 atom stereocenters. The van der Waals surface area contributed by atoms with E-state index in [1.165, 1.54) is 5.56 Å². The fraction of sp³-hybridized carbons (Fsp3) is 0.115. The van der Waals surface area contributed by atoms with Crippen molar-refractivity contribution in [3.63, 3.8) is 0 Å². The van der Waals surface area contributed by atoms with E-state index in [1.54, 1.807) is 12.1 Å². The fourth-order valence-electron chi connectivity index (χ4n) is 3.84. The van der Waals surface area contributed by atoms with Crippen molar-refractivity contribution in [3.8, 4) is 11.3 Å². The van der Waals surface area contributed by atoms with Gasteiger partial charge >= 0.3 is 0 Å². The maximum atomic E-state index is 6.39. The molecule has 0 radical (unpaired) electrons. The molecule has 0 saturated carbocycles. The molecule has 5 heteroatoms. The van der Waals surface area contributed by atoms with Crippen LogP contribution >= 0.6 is 23.2 Å². The number of furan rings is 1. The summed E-state index contributed by atoms with van der Waals surface area (Å²) in [6, 6.07) is 27.9.